The third-order valence-electron chi connectivity index (χ3n) is 13.4. The van der Waals surface area contributed by atoms with Gasteiger partial charge in [0.15, 0.2) is 18.9 Å². The van der Waals surface area contributed by atoms with Crippen LogP contribution in [0.15, 0.2) is 85.1 Å². The fourth-order valence-corrected chi connectivity index (χ4v) is 8.80. The molecule has 3 saturated heterocycles. The first kappa shape index (κ1) is 67.2. The zero-order chi connectivity index (χ0) is 55.5. The molecule has 0 radical (unpaired) electrons. The van der Waals surface area contributed by atoms with Crippen molar-refractivity contribution in [1.29, 1.82) is 0 Å². The number of hydrogen-bond acceptors (Lipinski definition) is 18. The van der Waals surface area contributed by atoms with E-state index in [1.165, 1.54) is 0 Å². The van der Waals surface area contributed by atoms with Gasteiger partial charge in [0.25, 0.3) is 0 Å². The number of carbonyl (C=O) groups is 1. The van der Waals surface area contributed by atoms with Gasteiger partial charge in [-0.05, 0) is 70.6 Å². The Hall–Kier alpha value is -3.03. The predicted octanol–water partition coefficient (Wildman–Crippen LogP) is 3.64. The van der Waals surface area contributed by atoms with Crippen molar-refractivity contribution in [3.8, 4) is 0 Å². The van der Waals surface area contributed by atoms with Crippen LogP contribution in [0.1, 0.15) is 136 Å². The lowest BCUT2D eigenvalue weighted by atomic mass is 9.96. The molecule has 17 unspecified atom stereocenters. The molecule has 1 amide bonds. The van der Waals surface area contributed by atoms with Crippen LogP contribution in [0.3, 0.4) is 0 Å². The van der Waals surface area contributed by atoms with Crippen LogP contribution in [0.4, 0.5) is 0 Å². The standard InChI is InChI=1S/C57H95NO18/c1-3-5-7-9-11-13-14-15-16-17-18-19-20-21-22-23-24-25-26-27-29-31-33-35-45(63)58-40(41(62)34-32-30-28-12-10-8-6-4-2)39-71-55-51(69)48(66)53(43(37-60)73-55)76-57-52(70)49(67)54(44(38-61)74-57)75-56-50(68)47(65)46(64)42(36-59)72-56/h5,7,10-13,15-16,18-19,21-22,32,34,40-44,46-57,59-62,64-70H,3-4,6,8-9,14,17,20,23-31,33,35-39H2,1-2H3,(H,58,63)/b7-5-,12-10+,13-11-,16-15-,19-18-,22-21-,34-32+. The number of aliphatic hydroxyl groups is 11. The minimum atomic E-state index is -1.98. The van der Waals surface area contributed by atoms with Gasteiger partial charge in [0, 0.05) is 6.42 Å². The first-order valence-corrected chi connectivity index (χ1v) is 27.8. The van der Waals surface area contributed by atoms with Gasteiger partial charge in [-0.1, -0.05) is 144 Å². The van der Waals surface area contributed by atoms with Crippen LogP contribution in [-0.4, -0.2) is 193 Å². The molecule has 0 spiro atoms. The molecule has 3 aliphatic heterocycles. The lowest BCUT2D eigenvalue weighted by molar-refractivity contribution is -0.379. The summed E-state index contributed by atoms with van der Waals surface area (Å²) in [6.45, 7) is 1.45. The van der Waals surface area contributed by atoms with Gasteiger partial charge in [-0.25, -0.2) is 0 Å². The average molecular weight is 1080 g/mol. The molecule has 3 heterocycles. The Morgan fingerprint density at radius 1 is 0.487 bits per heavy atom. The molecule has 3 aliphatic rings. The quantitative estimate of drug-likeness (QED) is 0.0310. The monoisotopic (exact) mass is 1080 g/mol. The summed E-state index contributed by atoms with van der Waals surface area (Å²) in [5.41, 5.74) is 0. The lowest BCUT2D eigenvalue weighted by Crippen LogP contribution is -2.66. The van der Waals surface area contributed by atoms with E-state index in [0.717, 1.165) is 103 Å². The highest BCUT2D eigenvalue weighted by Crippen LogP contribution is 2.33. The summed E-state index contributed by atoms with van der Waals surface area (Å²) in [5, 5.41) is 120. The highest BCUT2D eigenvalue weighted by Gasteiger charge is 2.53. The number of unbranched alkanes of at least 4 members (excludes halogenated alkanes) is 10. The van der Waals surface area contributed by atoms with Crippen molar-refractivity contribution in [2.45, 2.75) is 240 Å². The zero-order valence-electron chi connectivity index (χ0n) is 44.9. The summed E-state index contributed by atoms with van der Waals surface area (Å²) in [5.74, 6) is -0.306. The first-order chi connectivity index (χ1) is 36.8. The van der Waals surface area contributed by atoms with Crippen LogP contribution in [0.25, 0.3) is 0 Å². The second-order valence-electron chi connectivity index (χ2n) is 19.7. The Morgan fingerprint density at radius 2 is 0.921 bits per heavy atom. The second kappa shape index (κ2) is 40.2. The fourth-order valence-electron chi connectivity index (χ4n) is 8.80. The van der Waals surface area contributed by atoms with Crippen LogP contribution >= 0.6 is 0 Å². The molecule has 17 atom stereocenters. The summed E-state index contributed by atoms with van der Waals surface area (Å²) in [6.07, 6.45) is 20.3. The molecule has 3 fully saturated rings. The van der Waals surface area contributed by atoms with Crippen molar-refractivity contribution in [1.82, 2.24) is 5.32 Å². The SMILES string of the molecule is CC/C=C\C/C=C\C/C=C\C/C=C\C/C=C\CCCCCCCCCC(=O)NC(COC1OC(CO)C(OC2OC(CO)C(OC3OC(CO)C(O)C(O)C3O)C(O)C2O)C(O)C1O)C(O)/C=C/CC/C=C/CCCC. The van der Waals surface area contributed by atoms with E-state index >= 15 is 0 Å². The summed E-state index contributed by atoms with van der Waals surface area (Å²) in [4.78, 5) is 13.2. The van der Waals surface area contributed by atoms with E-state index in [4.69, 9.17) is 28.4 Å². The third kappa shape index (κ3) is 24.5. The first-order valence-electron chi connectivity index (χ1n) is 27.8. The van der Waals surface area contributed by atoms with Crippen molar-refractivity contribution >= 4 is 5.91 Å². The number of carbonyl (C=O) groups excluding carboxylic acids is 1. The smallest absolute Gasteiger partial charge is 0.220 e. The molecule has 76 heavy (non-hydrogen) atoms. The highest BCUT2D eigenvalue weighted by atomic mass is 16.8. The van der Waals surface area contributed by atoms with Crippen molar-refractivity contribution in [3.63, 3.8) is 0 Å². The summed E-state index contributed by atoms with van der Waals surface area (Å²) < 4.78 is 34.1. The number of allylic oxidation sites excluding steroid dienone is 13. The van der Waals surface area contributed by atoms with Gasteiger partial charge in [0.05, 0.1) is 38.6 Å². The number of nitrogens with one attached hydrogen (secondary N) is 1. The van der Waals surface area contributed by atoms with E-state index in [1.54, 1.807) is 12.2 Å². The molecule has 0 bridgehead atoms. The molecule has 0 aromatic rings. The normalized spacial score (nSPS) is 31.6. The van der Waals surface area contributed by atoms with Gasteiger partial charge < -0.3 is 89.9 Å². The number of ether oxygens (including phenoxy) is 6. The van der Waals surface area contributed by atoms with Crippen LogP contribution < -0.4 is 5.32 Å². The number of aliphatic hydroxyl groups excluding tert-OH is 11. The van der Waals surface area contributed by atoms with E-state index in [-0.39, 0.29) is 18.9 Å². The zero-order valence-corrected chi connectivity index (χ0v) is 44.9. The highest BCUT2D eigenvalue weighted by molar-refractivity contribution is 5.76. The molecule has 0 aromatic heterocycles. The number of hydrogen-bond donors (Lipinski definition) is 12. The Labute approximate surface area is 450 Å². The topological polar surface area (TPSA) is 307 Å². The molecular formula is C57H95NO18. The minimum Gasteiger partial charge on any atom is -0.394 e. The fraction of sp³-hybridized carbons (Fsp3) is 0.737. The van der Waals surface area contributed by atoms with Crippen molar-refractivity contribution in [3.05, 3.63) is 85.1 Å². The van der Waals surface area contributed by atoms with Gasteiger partial charge in [0.1, 0.15) is 73.2 Å². The minimum absolute atomic E-state index is 0.216. The molecule has 0 saturated carbocycles. The van der Waals surface area contributed by atoms with Gasteiger partial charge in [-0.15, -0.1) is 0 Å². The lowest BCUT2D eigenvalue weighted by Gasteiger charge is -2.48. The van der Waals surface area contributed by atoms with Crippen LogP contribution in [0, 0.1) is 0 Å². The molecule has 0 aliphatic carbocycles. The van der Waals surface area contributed by atoms with Crippen LogP contribution in [-0.2, 0) is 33.2 Å². The van der Waals surface area contributed by atoms with Crippen LogP contribution in [0.2, 0.25) is 0 Å². The molecule has 19 nitrogen and oxygen atoms in total. The number of rotatable bonds is 38. The molecule has 436 valence electrons. The van der Waals surface area contributed by atoms with Gasteiger partial charge in [-0.3, -0.25) is 4.79 Å². The van der Waals surface area contributed by atoms with E-state index < -0.39 is 124 Å². The Morgan fingerprint density at radius 3 is 1.47 bits per heavy atom. The van der Waals surface area contributed by atoms with Crippen molar-refractivity contribution < 1.29 is 89.4 Å². The van der Waals surface area contributed by atoms with E-state index in [2.05, 4.69) is 92.1 Å². The number of amides is 1. The Kier molecular flexibility index (Phi) is 35.6. The largest absolute Gasteiger partial charge is 0.394 e. The van der Waals surface area contributed by atoms with E-state index in [0.29, 0.717) is 12.8 Å². The van der Waals surface area contributed by atoms with Gasteiger partial charge >= 0.3 is 0 Å². The molecule has 19 heteroatoms. The maximum Gasteiger partial charge on any atom is 0.220 e. The van der Waals surface area contributed by atoms with Crippen molar-refractivity contribution in [2.75, 3.05) is 26.4 Å². The third-order valence-corrected chi connectivity index (χ3v) is 13.4. The predicted molar refractivity (Wildman–Crippen MR) is 286 cm³/mol. The average Bonchev–Trinajstić information content (AvgIpc) is 3.42. The van der Waals surface area contributed by atoms with Gasteiger partial charge in [0.2, 0.25) is 5.91 Å². The molecule has 12 N–H and O–H groups in total. The van der Waals surface area contributed by atoms with Gasteiger partial charge in [-0.2, -0.15) is 0 Å². The Balaban J connectivity index is 1.47. The molecular weight excluding hydrogens is 987 g/mol. The molecule has 0 aromatic carbocycles. The van der Waals surface area contributed by atoms with E-state index in [1.807, 2.05) is 0 Å². The second-order valence-corrected chi connectivity index (χ2v) is 19.7. The summed E-state index contributed by atoms with van der Waals surface area (Å²) >= 11 is 0. The maximum atomic E-state index is 13.2. The maximum absolute atomic E-state index is 13.2. The molecule has 3 rings (SSSR count). The summed E-state index contributed by atoms with van der Waals surface area (Å²) in [6, 6.07) is -0.998. The van der Waals surface area contributed by atoms with E-state index in [9.17, 15) is 61.0 Å². The Bertz CT molecular complexity index is 1720. The van der Waals surface area contributed by atoms with Crippen molar-refractivity contribution in [2.24, 2.45) is 0 Å². The summed E-state index contributed by atoms with van der Waals surface area (Å²) in [7, 11) is 0. The van der Waals surface area contributed by atoms with Crippen LogP contribution in [0.5, 0.6) is 0 Å².